The summed E-state index contributed by atoms with van der Waals surface area (Å²) in [6.07, 6.45) is 3.49. The van der Waals surface area contributed by atoms with E-state index in [1.165, 1.54) is 17.3 Å². The maximum Gasteiger partial charge on any atom is 0.233 e. The first-order valence-corrected chi connectivity index (χ1v) is 10.7. The lowest BCUT2D eigenvalue weighted by atomic mass is 10.2. The first-order chi connectivity index (χ1) is 14.2. The van der Waals surface area contributed by atoms with Crippen LogP contribution in [-0.2, 0) is 18.4 Å². The highest BCUT2D eigenvalue weighted by atomic mass is 32.2. The largest absolute Gasteiger partial charge is 0.339 e. The molecule has 3 heterocycles. The number of pyridine rings is 1. The van der Waals surface area contributed by atoms with Crippen LogP contribution in [0.5, 0.6) is 0 Å². The zero-order valence-corrected chi connectivity index (χ0v) is 17.3. The maximum absolute atomic E-state index is 12.6. The van der Waals surface area contributed by atoms with E-state index in [0.717, 1.165) is 49.3 Å². The number of carbonyl (C=O) groups excluding carboxylic acids is 1. The Morgan fingerprint density at radius 1 is 1.03 bits per heavy atom. The zero-order valence-electron chi connectivity index (χ0n) is 16.4. The van der Waals surface area contributed by atoms with E-state index >= 15 is 0 Å². The standard InChI is InChI=1S/C21H24N6OS/c1-25-20(18-8-5-9-22-14-18)23-24-21(25)29-16-19(28)27-12-10-26(11-13-27)15-17-6-3-2-4-7-17/h2-9,14H,10-13,15-16H2,1H3. The van der Waals surface area contributed by atoms with E-state index in [0.29, 0.717) is 5.75 Å². The fraction of sp³-hybridized carbons (Fsp3) is 0.333. The number of thioether (sulfide) groups is 1. The molecule has 0 spiro atoms. The lowest BCUT2D eigenvalue weighted by Gasteiger charge is -2.34. The Labute approximate surface area is 174 Å². The number of benzene rings is 1. The van der Waals surface area contributed by atoms with E-state index in [-0.39, 0.29) is 5.91 Å². The van der Waals surface area contributed by atoms with Crippen molar-refractivity contribution in [2.24, 2.45) is 7.05 Å². The van der Waals surface area contributed by atoms with Crippen molar-refractivity contribution in [1.82, 2.24) is 29.5 Å². The molecule has 3 aromatic rings. The Balaban J connectivity index is 1.27. The summed E-state index contributed by atoms with van der Waals surface area (Å²) in [6, 6.07) is 14.3. The summed E-state index contributed by atoms with van der Waals surface area (Å²) in [7, 11) is 1.91. The average Bonchev–Trinajstić information content (AvgIpc) is 3.14. The maximum atomic E-state index is 12.6. The van der Waals surface area contributed by atoms with Crippen molar-refractivity contribution in [3.05, 3.63) is 60.4 Å². The first-order valence-electron chi connectivity index (χ1n) is 9.67. The van der Waals surface area contributed by atoms with E-state index in [1.807, 2.05) is 34.7 Å². The molecule has 2 aromatic heterocycles. The number of hydrogen-bond donors (Lipinski definition) is 0. The van der Waals surface area contributed by atoms with Gasteiger partial charge in [0.05, 0.1) is 5.75 Å². The molecule has 1 amide bonds. The minimum absolute atomic E-state index is 0.153. The lowest BCUT2D eigenvalue weighted by molar-refractivity contribution is -0.130. The molecule has 1 aromatic carbocycles. The second-order valence-electron chi connectivity index (χ2n) is 7.04. The molecule has 0 saturated carbocycles. The van der Waals surface area contributed by atoms with Crippen LogP contribution in [0.4, 0.5) is 0 Å². The summed E-state index contributed by atoms with van der Waals surface area (Å²) in [6.45, 7) is 4.28. The highest BCUT2D eigenvalue weighted by Crippen LogP contribution is 2.22. The van der Waals surface area contributed by atoms with Crippen molar-refractivity contribution < 1.29 is 4.79 Å². The molecular weight excluding hydrogens is 384 g/mol. The van der Waals surface area contributed by atoms with Crippen molar-refractivity contribution in [2.75, 3.05) is 31.9 Å². The SMILES string of the molecule is Cn1c(SCC(=O)N2CCN(Cc3ccccc3)CC2)nnc1-c1cccnc1. The van der Waals surface area contributed by atoms with Gasteiger partial charge in [-0.15, -0.1) is 10.2 Å². The third-order valence-electron chi connectivity index (χ3n) is 5.05. The molecule has 1 aliphatic rings. The molecule has 1 saturated heterocycles. The number of carbonyl (C=O) groups is 1. The van der Waals surface area contributed by atoms with Crippen LogP contribution >= 0.6 is 11.8 Å². The van der Waals surface area contributed by atoms with Gasteiger partial charge >= 0.3 is 0 Å². The smallest absolute Gasteiger partial charge is 0.233 e. The summed E-state index contributed by atoms with van der Waals surface area (Å²) < 4.78 is 1.91. The van der Waals surface area contributed by atoms with Crippen molar-refractivity contribution in [1.29, 1.82) is 0 Å². The first kappa shape index (κ1) is 19.6. The average molecular weight is 409 g/mol. The molecule has 0 aliphatic carbocycles. The second kappa shape index (κ2) is 9.19. The van der Waals surface area contributed by atoms with Crippen molar-refractivity contribution >= 4 is 17.7 Å². The Kier molecular flexibility index (Phi) is 6.21. The topological polar surface area (TPSA) is 67.2 Å². The van der Waals surface area contributed by atoms with Gasteiger partial charge < -0.3 is 9.47 Å². The molecule has 0 radical (unpaired) electrons. The van der Waals surface area contributed by atoms with E-state index < -0.39 is 0 Å². The van der Waals surface area contributed by atoms with E-state index in [2.05, 4.69) is 44.3 Å². The van der Waals surface area contributed by atoms with Crippen LogP contribution in [0.2, 0.25) is 0 Å². The van der Waals surface area contributed by atoms with Crippen molar-refractivity contribution in [3.63, 3.8) is 0 Å². The molecule has 0 unspecified atom stereocenters. The van der Waals surface area contributed by atoms with E-state index in [4.69, 9.17) is 0 Å². The predicted molar refractivity (Wildman–Crippen MR) is 113 cm³/mol. The van der Waals surface area contributed by atoms with Crippen LogP contribution in [0, 0.1) is 0 Å². The molecule has 0 N–H and O–H groups in total. The number of hydrogen-bond acceptors (Lipinski definition) is 6. The minimum atomic E-state index is 0.153. The Morgan fingerprint density at radius 3 is 2.55 bits per heavy atom. The zero-order chi connectivity index (χ0) is 20.1. The summed E-state index contributed by atoms with van der Waals surface area (Å²) in [4.78, 5) is 21.1. The number of piperazine rings is 1. The fourth-order valence-electron chi connectivity index (χ4n) is 3.40. The van der Waals surface area contributed by atoms with Crippen LogP contribution in [0.3, 0.4) is 0 Å². The van der Waals surface area contributed by atoms with Gasteiger partial charge in [0.2, 0.25) is 5.91 Å². The lowest BCUT2D eigenvalue weighted by Crippen LogP contribution is -2.48. The fourth-order valence-corrected chi connectivity index (χ4v) is 4.22. The predicted octanol–water partition coefficient (Wildman–Crippen LogP) is 2.31. The van der Waals surface area contributed by atoms with Crippen LogP contribution in [-0.4, -0.2) is 67.4 Å². The molecular formula is C21H24N6OS. The number of rotatable bonds is 6. The molecule has 1 aliphatic heterocycles. The Hall–Kier alpha value is -2.71. The molecule has 0 atom stereocenters. The van der Waals surface area contributed by atoms with E-state index in [1.54, 1.807) is 12.4 Å². The summed E-state index contributed by atoms with van der Waals surface area (Å²) in [5.74, 6) is 1.28. The van der Waals surface area contributed by atoms with Gasteiger partial charge in [-0.05, 0) is 17.7 Å². The molecule has 7 nitrogen and oxygen atoms in total. The third kappa shape index (κ3) is 4.83. The second-order valence-corrected chi connectivity index (χ2v) is 7.98. The third-order valence-corrected chi connectivity index (χ3v) is 6.06. The van der Waals surface area contributed by atoms with Gasteiger partial charge in [-0.2, -0.15) is 0 Å². The van der Waals surface area contributed by atoms with Gasteiger partial charge in [-0.25, -0.2) is 0 Å². The van der Waals surface area contributed by atoms with Crippen LogP contribution in [0.25, 0.3) is 11.4 Å². The van der Waals surface area contributed by atoms with Crippen LogP contribution < -0.4 is 0 Å². The van der Waals surface area contributed by atoms with Gasteiger partial charge in [-0.1, -0.05) is 42.1 Å². The van der Waals surface area contributed by atoms with Gasteiger partial charge in [0.15, 0.2) is 11.0 Å². The quantitative estimate of drug-likeness (QED) is 0.583. The van der Waals surface area contributed by atoms with Crippen LogP contribution in [0.1, 0.15) is 5.56 Å². The molecule has 0 bridgehead atoms. The normalized spacial score (nSPS) is 14.9. The molecule has 4 rings (SSSR count). The number of amides is 1. The molecule has 29 heavy (non-hydrogen) atoms. The Morgan fingerprint density at radius 2 is 1.83 bits per heavy atom. The van der Waals surface area contributed by atoms with Crippen molar-refractivity contribution in [3.8, 4) is 11.4 Å². The minimum Gasteiger partial charge on any atom is -0.339 e. The highest BCUT2D eigenvalue weighted by molar-refractivity contribution is 7.99. The van der Waals surface area contributed by atoms with E-state index in [9.17, 15) is 4.79 Å². The highest BCUT2D eigenvalue weighted by Gasteiger charge is 2.22. The van der Waals surface area contributed by atoms with Gasteiger partial charge in [0, 0.05) is 57.7 Å². The van der Waals surface area contributed by atoms with Gasteiger partial charge in [-0.3, -0.25) is 14.7 Å². The molecule has 1 fully saturated rings. The Bertz CT molecular complexity index is 938. The molecule has 150 valence electrons. The number of aromatic nitrogens is 4. The van der Waals surface area contributed by atoms with Crippen LogP contribution in [0.15, 0.2) is 60.0 Å². The monoisotopic (exact) mass is 408 g/mol. The summed E-state index contributed by atoms with van der Waals surface area (Å²) >= 11 is 1.43. The summed E-state index contributed by atoms with van der Waals surface area (Å²) in [5.41, 5.74) is 2.23. The molecule has 8 heteroatoms. The summed E-state index contributed by atoms with van der Waals surface area (Å²) in [5, 5.41) is 9.22. The number of nitrogens with zero attached hydrogens (tertiary/aromatic N) is 6. The van der Waals surface area contributed by atoms with Gasteiger partial charge in [0.1, 0.15) is 0 Å². The van der Waals surface area contributed by atoms with Crippen molar-refractivity contribution in [2.45, 2.75) is 11.7 Å². The van der Waals surface area contributed by atoms with Gasteiger partial charge in [0.25, 0.3) is 0 Å².